The minimum absolute atomic E-state index is 0.497. The van der Waals surface area contributed by atoms with Gasteiger partial charge in [-0.2, -0.15) is 0 Å². The van der Waals surface area contributed by atoms with Crippen LogP contribution < -0.4 is 10.6 Å². The standard InChI is InChI=1S/C18H32N4OS/c1-4-19-18(21-13-17-22-14(2)15(3)24-17)20-11-8-12-23-16-9-6-5-7-10-16/h16H,4-13H2,1-3H3,(H2,19,20,21). The zero-order chi connectivity index (χ0) is 17.2. The summed E-state index contributed by atoms with van der Waals surface area (Å²) in [4.78, 5) is 10.4. The second kappa shape index (κ2) is 10.7. The number of ether oxygens (including phenoxy) is 1. The van der Waals surface area contributed by atoms with Crippen molar-refractivity contribution in [3.63, 3.8) is 0 Å². The molecule has 6 heteroatoms. The molecule has 0 unspecified atom stereocenters. The lowest BCUT2D eigenvalue weighted by Gasteiger charge is -2.22. The van der Waals surface area contributed by atoms with Crippen molar-refractivity contribution in [3.8, 4) is 0 Å². The van der Waals surface area contributed by atoms with Gasteiger partial charge in [0, 0.05) is 24.6 Å². The first kappa shape index (κ1) is 19.2. The van der Waals surface area contributed by atoms with E-state index in [2.05, 4.69) is 41.4 Å². The van der Waals surface area contributed by atoms with Crippen molar-refractivity contribution in [3.05, 3.63) is 15.6 Å². The van der Waals surface area contributed by atoms with Gasteiger partial charge in [-0.25, -0.2) is 9.98 Å². The average Bonchev–Trinajstić information content (AvgIpc) is 2.91. The molecule has 0 radical (unpaired) electrons. The Morgan fingerprint density at radius 2 is 2.04 bits per heavy atom. The van der Waals surface area contributed by atoms with Crippen LogP contribution in [0.3, 0.4) is 0 Å². The van der Waals surface area contributed by atoms with Crippen LogP contribution in [-0.2, 0) is 11.3 Å². The van der Waals surface area contributed by atoms with E-state index in [-0.39, 0.29) is 0 Å². The number of aryl methyl sites for hydroxylation is 2. The monoisotopic (exact) mass is 352 g/mol. The average molecular weight is 353 g/mol. The van der Waals surface area contributed by atoms with Crippen molar-refractivity contribution in [2.24, 2.45) is 4.99 Å². The molecule has 0 aliphatic heterocycles. The Balaban J connectivity index is 1.67. The molecule has 0 aromatic carbocycles. The highest BCUT2D eigenvalue weighted by Gasteiger charge is 2.13. The molecule has 2 N–H and O–H groups in total. The molecule has 1 aliphatic carbocycles. The summed E-state index contributed by atoms with van der Waals surface area (Å²) < 4.78 is 5.96. The summed E-state index contributed by atoms with van der Waals surface area (Å²) in [7, 11) is 0. The maximum Gasteiger partial charge on any atom is 0.191 e. The third-order valence-corrected chi connectivity index (χ3v) is 5.37. The van der Waals surface area contributed by atoms with Gasteiger partial charge in [-0.1, -0.05) is 19.3 Å². The fourth-order valence-corrected chi connectivity index (χ4v) is 3.71. The zero-order valence-electron chi connectivity index (χ0n) is 15.4. The highest BCUT2D eigenvalue weighted by Crippen LogP contribution is 2.20. The predicted molar refractivity (Wildman–Crippen MR) is 102 cm³/mol. The van der Waals surface area contributed by atoms with Gasteiger partial charge in [-0.3, -0.25) is 0 Å². The Morgan fingerprint density at radius 1 is 1.25 bits per heavy atom. The van der Waals surface area contributed by atoms with Gasteiger partial charge in [0.1, 0.15) is 5.01 Å². The van der Waals surface area contributed by atoms with E-state index in [0.717, 1.165) is 42.8 Å². The van der Waals surface area contributed by atoms with E-state index in [9.17, 15) is 0 Å². The third-order valence-electron chi connectivity index (χ3n) is 4.31. The van der Waals surface area contributed by atoms with Crippen molar-refractivity contribution in [1.29, 1.82) is 0 Å². The summed E-state index contributed by atoms with van der Waals surface area (Å²) in [5.74, 6) is 0.862. The molecule has 1 fully saturated rings. The van der Waals surface area contributed by atoms with E-state index >= 15 is 0 Å². The molecule has 0 atom stereocenters. The largest absolute Gasteiger partial charge is 0.378 e. The fourth-order valence-electron chi connectivity index (χ4n) is 2.86. The summed E-state index contributed by atoms with van der Waals surface area (Å²) in [6, 6.07) is 0. The van der Waals surface area contributed by atoms with Gasteiger partial charge in [-0.05, 0) is 40.0 Å². The Morgan fingerprint density at radius 3 is 2.71 bits per heavy atom. The molecule has 1 aromatic rings. The van der Waals surface area contributed by atoms with Crippen LogP contribution in [-0.4, -0.2) is 36.7 Å². The SMILES string of the molecule is CCNC(=NCc1nc(C)c(C)s1)NCCCOC1CCCCC1. The highest BCUT2D eigenvalue weighted by atomic mass is 32.1. The minimum Gasteiger partial charge on any atom is -0.378 e. The second-order valence-corrected chi connectivity index (χ2v) is 7.64. The Bertz CT molecular complexity index is 490. The molecule has 1 saturated carbocycles. The van der Waals surface area contributed by atoms with Gasteiger partial charge in [0.2, 0.25) is 0 Å². The first-order valence-corrected chi connectivity index (χ1v) is 10.1. The van der Waals surface area contributed by atoms with Gasteiger partial charge in [0.15, 0.2) is 5.96 Å². The number of hydrogen-bond donors (Lipinski definition) is 2. The van der Waals surface area contributed by atoms with E-state index in [1.807, 2.05) is 0 Å². The van der Waals surface area contributed by atoms with Crippen molar-refractivity contribution >= 4 is 17.3 Å². The van der Waals surface area contributed by atoms with Gasteiger partial charge >= 0.3 is 0 Å². The second-order valence-electron chi connectivity index (χ2n) is 6.36. The lowest BCUT2D eigenvalue weighted by atomic mass is 9.98. The van der Waals surface area contributed by atoms with Crippen LogP contribution in [0.2, 0.25) is 0 Å². The minimum atomic E-state index is 0.497. The maximum absolute atomic E-state index is 5.96. The van der Waals surface area contributed by atoms with Crippen LogP contribution in [0.25, 0.3) is 0 Å². The molecule has 0 spiro atoms. The molecule has 0 amide bonds. The number of nitrogens with zero attached hydrogens (tertiary/aromatic N) is 2. The topological polar surface area (TPSA) is 58.5 Å². The molecule has 136 valence electrons. The maximum atomic E-state index is 5.96. The molecular formula is C18H32N4OS. The molecular weight excluding hydrogens is 320 g/mol. The van der Waals surface area contributed by atoms with Crippen molar-refractivity contribution < 1.29 is 4.74 Å². The summed E-state index contributed by atoms with van der Waals surface area (Å²) in [6.45, 7) is 9.45. The van der Waals surface area contributed by atoms with Crippen LogP contribution in [0.1, 0.15) is 61.0 Å². The van der Waals surface area contributed by atoms with Gasteiger partial charge in [-0.15, -0.1) is 11.3 Å². The fraction of sp³-hybridized carbons (Fsp3) is 0.778. The van der Waals surface area contributed by atoms with Crippen molar-refractivity contribution in [2.45, 2.75) is 71.9 Å². The Hall–Kier alpha value is -1.14. The van der Waals surface area contributed by atoms with Gasteiger partial charge in [0.05, 0.1) is 18.3 Å². The zero-order valence-corrected chi connectivity index (χ0v) is 16.2. The molecule has 5 nitrogen and oxygen atoms in total. The van der Waals surface area contributed by atoms with Crippen LogP contribution >= 0.6 is 11.3 Å². The number of nitrogens with one attached hydrogen (secondary N) is 2. The molecule has 2 rings (SSSR count). The molecule has 0 bridgehead atoms. The lowest BCUT2D eigenvalue weighted by molar-refractivity contribution is 0.0277. The summed E-state index contributed by atoms with van der Waals surface area (Å²) >= 11 is 1.73. The number of guanidine groups is 1. The van der Waals surface area contributed by atoms with Crippen LogP contribution in [0.5, 0.6) is 0 Å². The first-order valence-electron chi connectivity index (χ1n) is 9.25. The number of aromatic nitrogens is 1. The number of aliphatic imine (C=N–C) groups is 1. The Labute approximate surface area is 150 Å². The highest BCUT2D eigenvalue weighted by molar-refractivity contribution is 7.11. The van der Waals surface area contributed by atoms with E-state index in [0.29, 0.717) is 12.6 Å². The Kier molecular flexibility index (Phi) is 8.53. The smallest absolute Gasteiger partial charge is 0.191 e. The molecule has 1 aliphatic rings. The van der Waals surface area contributed by atoms with E-state index < -0.39 is 0 Å². The first-order chi connectivity index (χ1) is 11.7. The normalized spacial score (nSPS) is 16.4. The van der Waals surface area contributed by atoms with Crippen molar-refractivity contribution in [1.82, 2.24) is 15.6 Å². The van der Waals surface area contributed by atoms with Crippen LogP contribution in [0, 0.1) is 13.8 Å². The quantitative estimate of drug-likeness (QED) is 0.427. The molecule has 24 heavy (non-hydrogen) atoms. The van der Waals surface area contributed by atoms with E-state index in [1.165, 1.54) is 37.0 Å². The van der Waals surface area contributed by atoms with Gasteiger partial charge < -0.3 is 15.4 Å². The van der Waals surface area contributed by atoms with E-state index in [1.54, 1.807) is 11.3 Å². The summed E-state index contributed by atoms with van der Waals surface area (Å²) in [5.41, 5.74) is 1.11. The molecule has 1 aromatic heterocycles. The lowest BCUT2D eigenvalue weighted by Crippen LogP contribution is -2.38. The number of thiazole rings is 1. The summed E-state index contributed by atoms with van der Waals surface area (Å²) in [5, 5.41) is 7.75. The van der Waals surface area contributed by atoms with Crippen LogP contribution in [0.4, 0.5) is 0 Å². The number of rotatable bonds is 8. The van der Waals surface area contributed by atoms with Gasteiger partial charge in [0.25, 0.3) is 0 Å². The predicted octanol–water partition coefficient (Wildman–Crippen LogP) is 3.55. The third kappa shape index (κ3) is 6.77. The van der Waals surface area contributed by atoms with Crippen molar-refractivity contribution in [2.75, 3.05) is 19.7 Å². The summed E-state index contributed by atoms with van der Waals surface area (Å²) in [6.07, 6.45) is 8.02. The molecule has 1 heterocycles. The van der Waals surface area contributed by atoms with E-state index in [4.69, 9.17) is 4.74 Å². The number of hydrogen-bond acceptors (Lipinski definition) is 4. The van der Waals surface area contributed by atoms with Crippen LogP contribution in [0.15, 0.2) is 4.99 Å². The molecule has 0 saturated heterocycles.